The summed E-state index contributed by atoms with van der Waals surface area (Å²) >= 11 is 5.24. The summed E-state index contributed by atoms with van der Waals surface area (Å²) in [7, 11) is 1.58. The molecular formula is C18H20N3O4S-. The molecule has 0 fully saturated rings. The number of hydrogen-bond acceptors (Lipinski definition) is 6. The Morgan fingerprint density at radius 1 is 1.38 bits per heavy atom. The summed E-state index contributed by atoms with van der Waals surface area (Å²) in [6, 6.07) is 9.17. The van der Waals surface area contributed by atoms with Gasteiger partial charge in [0.2, 0.25) is 0 Å². The number of para-hydroxylation sites is 2. The Balaban J connectivity index is 2.01. The molecule has 0 unspecified atom stereocenters. The van der Waals surface area contributed by atoms with Crippen molar-refractivity contribution in [3.05, 3.63) is 47.4 Å². The number of aliphatic carboxylic acids is 1. The van der Waals surface area contributed by atoms with Crippen LogP contribution >= 0.6 is 12.2 Å². The van der Waals surface area contributed by atoms with Crippen LogP contribution in [0.2, 0.25) is 0 Å². The van der Waals surface area contributed by atoms with Gasteiger partial charge in [-0.15, -0.1) is 0 Å². The summed E-state index contributed by atoms with van der Waals surface area (Å²) in [6.07, 6.45) is 0.186. The standard InChI is InChI=1S/C18H21N3O4S/c1-11(14-10-13(25-12(14)2)8-9-17(22)23)20-21-18(26)19-15-6-4-5-7-16(15)24-3/h4-7,10H,8-9H2,1-3H3,(H,22,23)(H2,19,21,26)/p-1/b20-11-. The number of nitrogens with zero attached hydrogens (tertiary/aromatic N) is 1. The van der Waals surface area contributed by atoms with Gasteiger partial charge in [0.15, 0.2) is 5.11 Å². The van der Waals surface area contributed by atoms with Crippen molar-refractivity contribution in [2.75, 3.05) is 12.4 Å². The summed E-state index contributed by atoms with van der Waals surface area (Å²) < 4.78 is 10.8. The second kappa shape index (κ2) is 9.00. The Labute approximate surface area is 157 Å². The van der Waals surface area contributed by atoms with Gasteiger partial charge in [-0.3, -0.25) is 5.43 Å². The number of methoxy groups -OCH3 is 1. The lowest BCUT2D eigenvalue weighted by molar-refractivity contribution is -0.305. The van der Waals surface area contributed by atoms with E-state index < -0.39 is 5.97 Å². The number of hydrazone groups is 1. The van der Waals surface area contributed by atoms with Crippen LogP contribution in [0.1, 0.15) is 30.4 Å². The molecule has 0 amide bonds. The summed E-state index contributed by atoms with van der Waals surface area (Å²) in [5.74, 6) is 0.789. The van der Waals surface area contributed by atoms with Gasteiger partial charge < -0.3 is 24.4 Å². The number of anilines is 1. The fraction of sp³-hybridized carbons (Fsp3) is 0.278. The third kappa shape index (κ3) is 5.32. The first kappa shape index (κ1) is 19.5. The molecular weight excluding hydrogens is 354 g/mol. The molecule has 0 saturated carbocycles. The molecule has 1 aromatic carbocycles. The van der Waals surface area contributed by atoms with Gasteiger partial charge in [-0.05, 0) is 50.7 Å². The molecule has 0 radical (unpaired) electrons. The lowest BCUT2D eigenvalue weighted by atomic mass is 10.1. The molecule has 0 saturated heterocycles. The normalized spacial score (nSPS) is 11.1. The highest BCUT2D eigenvalue weighted by Gasteiger charge is 2.11. The van der Waals surface area contributed by atoms with E-state index in [0.29, 0.717) is 28.1 Å². The van der Waals surface area contributed by atoms with Crippen LogP contribution in [-0.4, -0.2) is 23.9 Å². The summed E-state index contributed by atoms with van der Waals surface area (Å²) in [5.41, 5.74) is 4.95. The highest BCUT2D eigenvalue weighted by molar-refractivity contribution is 7.80. The fourth-order valence-electron chi connectivity index (χ4n) is 2.34. The van der Waals surface area contributed by atoms with Gasteiger partial charge in [0.25, 0.3) is 0 Å². The minimum atomic E-state index is -1.11. The van der Waals surface area contributed by atoms with Crippen LogP contribution in [0.15, 0.2) is 39.9 Å². The molecule has 2 N–H and O–H groups in total. The van der Waals surface area contributed by atoms with Crippen molar-refractivity contribution in [3.63, 3.8) is 0 Å². The number of carbonyl (C=O) groups is 1. The smallest absolute Gasteiger partial charge is 0.191 e. The first-order valence-electron chi connectivity index (χ1n) is 7.94. The van der Waals surface area contributed by atoms with Gasteiger partial charge in [-0.1, -0.05) is 12.1 Å². The number of aryl methyl sites for hydroxylation is 2. The number of hydrogen-bond donors (Lipinski definition) is 2. The SMILES string of the molecule is COc1ccccc1NC(=S)N/N=C(/C)c1cc(CCC(=O)[O-])oc1C. The van der Waals surface area contributed by atoms with E-state index in [9.17, 15) is 9.90 Å². The minimum Gasteiger partial charge on any atom is -0.550 e. The number of furan rings is 1. The molecule has 7 nitrogen and oxygen atoms in total. The lowest BCUT2D eigenvalue weighted by Gasteiger charge is -2.11. The van der Waals surface area contributed by atoms with Gasteiger partial charge in [0.05, 0.1) is 18.5 Å². The first-order valence-corrected chi connectivity index (χ1v) is 8.35. The van der Waals surface area contributed by atoms with Crippen LogP contribution in [0.25, 0.3) is 0 Å². The molecule has 0 aliphatic rings. The molecule has 1 aromatic heterocycles. The van der Waals surface area contributed by atoms with E-state index in [0.717, 1.165) is 11.3 Å². The van der Waals surface area contributed by atoms with E-state index in [1.165, 1.54) is 0 Å². The Morgan fingerprint density at radius 3 is 2.81 bits per heavy atom. The quantitative estimate of drug-likeness (QED) is 0.434. The number of benzene rings is 1. The average Bonchev–Trinajstić information content (AvgIpc) is 2.99. The Morgan fingerprint density at radius 2 is 2.12 bits per heavy atom. The number of rotatable bonds is 7. The monoisotopic (exact) mass is 374 g/mol. The zero-order valence-electron chi connectivity index (χ0n) is 14.8. The molecule has 0 atom stereocenters. The van der Waals surface area contributed by atoms with Crippen LogP contribution in [-0.2, 0) is 11.2 Å². The second-order valence-corrected chi connectivity index (χ2v) is 5.93. The highest BCUT2D eigenvalue weighted by Crippen LogP contribution is 2.22. The molecule has 0 aliphatic carbocycles. The van der Waals surface area contributed by atoms with Crippen molar-refractivity contribution >= 4 is 34.7 Å². The summed E-state index contributed by atoms with van der Waals surface area (Å²) in [4.78, 5) is 10.6. The van der Waals surface area contributed by atoms with Crippen molar-refractivity contribution in [2.45, 2.75) is 26.7 Å². The number of carbonyl (C=O) groups excluding carboxylic acids is 1. The minimum absolute atomic E-state index is 0.0895. The first-order chi connectivity index (χ1) is 12.4. The van der Waals surface area contributed by atoms with E-state index in [-0.39, 0.29) is 12.8 Å². The number of ether oxygens (including phenoxy) is 1. The Kier molecular flexibility index (Phi) is 6.74. The zero-order chi connectivity index (χ0) is 19.1. The number of carboxylic acid groups (broad SMARTS) is 1. The van der Waals surface area contributed by atoms with Crippen LogP contribution in [0, 0.1) is 6.92 Å². The molecule has 8 heteroatoms. The van der Waals surface area contributed by atoms with Crippen LogP contribution in [0.3, 0.4) is 0 Å². The third-order valence-electron chi connectivity index (χ3n) is 3.61. The average molecular weight is 374 g/mol. The van der Waals surface area contributed by atoms with Crippen molar-refractivity contribution in [1.82, 2.24) is 5.43 Å². The van der Waals surface area contributed by atoms with Gasteiger partial charge >= 0.3 is 0 Å². The van der Waals surface area contributed by atoms with Crippen molar-refractivity contribution in [3.8, 4) is 5.75 Å². The lowest BCUT2D eigenvalue weighted by Crippen LogP contribution is -2.25. The van der Waals surface area contributed by atoms with E-state index in [1.807, 2.05) is 24.3 Å². The van der Waals surface area contributed by atoms with Gasteiger partial charge in [-0.25, -0.2) is 0 Å². The number of thiocarbonyl (C=S) groups is 1. The van der Waals surface area contributed by atoms with Crippen molar-refractivity contribution in [1.29, 1.82) is 0 Å². The molecule has 0 aliphatic heterocycles. The molecule has 2 aromatic rings. The molecule has 0 bridgehead atoms. The predicted octanol–water partition coefficient (Wildman–Crippen LogP) is 1.99. The molecule has 0 spiro atoms. The number of nitrogens with one attached hydrogen (secondary N) is 2. The molecule has 2 rings (SSSR count). The van der Waals surface area contributed by atoms with Crippen LogP contribution in [0.5, 0.6) is 5.75 Å². The van der Waals surface area contributed by atoms with Gasteiger partial charge in [-0.2, -0.15) is 5.10 Å². The Bertz CT molecular complexity index is 830. The summed E-state index contributed by atoms with van der Waals surface area (Å²) in [6.45, 7) is 3.60. The zero-order valence-corrected chi connectivity index (χ0v) is 15.6. The van der Waals surface area contributed by atoms with Crippen LogP contribution < -0.4 is 20.6 Å². The molecule has 1 heterocycles. The maximum Gasteiger partial charge on any atom is 0.191 e. The maximum atomic E-state index is 10.6. The van der Waals surface area contributed by atoms with Crippen LogP contribution in [0.4, 0.5) is 5.69 Å². The van der Waals surface area contributed by atoms with E-state index >= 15 is 0 Å². The Hall–Kier alpha value is -2.87. The van der Waals surface area contributed by atoms with Crippen molar-refractivity contribution in [2.24, 2.45) is 5.10 Å². The summed E-state index contributed by atoms with van der Waals surface area (Å²) in [5, 5.41) is 18.1. The maximum absolute atomic E-state index is 10.6. The molecule has 138 valence electrons. The largest absolute Gasteiger partial charge is 0.550 e. The highest BCUT2D eigenvalue weighted by atomic mass is 32.1. The van der Waals surface area contributed by atoms with E-state index in [4.69, 9.17) is 21.4 Å². The topological polar surface area (TPSA) is 98.9 Å². The van der Waals surface area contributed by atoms with Gasteiger partial charge in [0.1, 0.15) is 17.3 Å². The van der Waals surface area contributed by atoms with Gasteiger partial charge in [0, 0.05) is 18.0 Å². The molecule has 26 heavy (non-hydrogen) atoms. The van der Waals surface area contributed by atoms with E-state index in [2.05, 4.69) is 15.8 Å². The van der Waals surface area contributed by atoms with E-state index in [1.54, 1.807) is 27.0 Å². The second-order valence-electron chi connectivity index (χ2n) is 5.52. The predicted molar refractivity (Wildman–Crippen MR) is 101 cm³/mol. The van der Waals surface area contributed by atoms with Crippen molar-refractivity contribution < 1.29 is 19.1 Å². The fourth-order valence-corrected chi connectivity index (χ4v) is 2.50. The number of carboxylic acids is 1. The third-order valence-corrected chi connectivity index (χ3v) is 3.81.